The molecule has 3 rings (SSSR count). The van der Waals surface area contributed by atoms with E-state index in [-0.39, 0.29) is 17.8 Å². The molecule has 1 amide bonds. The molecule has 1 heterocycles. The van der Waals surface area contributed by atoms with Crippen LogP contribution in [0.5, 0.6) is 0 Å². The molecule has 1 fully saturated rings. The topological polar surface area (TPSA) is 46.3 Å². The van der Waals surface area contributed by atoms with Gasteiger partial charge in [0.05, 0.1) is 0 Å². The molecular formula is C20H23FN2O. The molecule has 1 saturated heterocycles. The predicted molar refractivity (Wildman–Crippen MR) is 94.3 cm³/mol. The summed E-state index contributed by atoms with van der Waals surface area (Å²) in [6.07, 6.45) is 3.15. The third-order valence-corrected chi connectivity index (χ3v) is 4.78. The minimum atomic E-state index is -0.205. The quantitative estimate of drug-likeness (QED) is 0.933. The molecule has 1 aliphatic rings. The number of carbonyl (C=O) groups excluding carboxylic acids is 1. The molecule has 1 unspecified atom stereocenters. The van der Waals surface area contributed by atoms with Crippen molar-refractivity contribution in [3.63, 3.8) is 0 Å². The van der Waals surface area contributed by atoms with Crippen LogP contribution in [-0.2, 0) is 0 Å². The molecule has 1 aliphatic heterocycles. The lowest BCUT2D eigenvalue weighted by Gasteiger charge is -2.35. The van der Waals surface area contributed by atoms with Crippen LogP contribution in [0.25, 0.3) is 11.1 Å². The van der Waals surface area contributed by atoms with Gasteiger partial charge in [0, 0.05) is 24.7 Å². The van der Waals surface area contributed by atoms with E-state index >= 15 is 0 Å². The summed E-state index contributed by atoms with van der Waals surface area (Å²) in [6, 6.07) is 12.7. The second-order valence-electron chi connectivity index (χ2n) is 6.43. The Kier molecular flexibility index (Phi) is 4.95. The van der Waals surface area contributed by atoms with Crippen molar-refractivity contribution in [1.29, 1.82) is 0 Å². The first-order valence-electron chi connectivity index (χ1n) is 8.48. The highest BCUT2D eigenvalue weighted by molar-refractivity contribution is 5.95. The van der Waals surface area contributed by atoms with Gasteiger partial charge in [-0.15, -0.1) is 0 Å². The Morgan fingerprint density at radius 2 is 1.88 bits per heavy atom. The van der Waals surface area contributed by atoms with Gasteiger partial charge < -0.3 is 10.6 Å². The Bertz CT molecular complexity index is 727. The molecule has 4 heteroatoms. The fraction of sp³-hybridized carbons (Fsp3) is 0.350. The molecule has 0 aliphatic carbocycles. The van der Waals surface area contributed by atoms with E-state index in [0.717, 1.165) is 36.9 Å². The van der Waals surface area contributed by atoms with Gasteiger partial charge in [0.2, 0.25) is 0 Å². The zero-order chi connectivity index (χ0) is 17.1. The predicted octanol–water partition coefficient (Wildman–Crippen LogP) is 3.75. The van der Waals surface area contributed by atoms with E-state index in [1.165, 1.54) is 6.07 Å². The third kappa shape index (κ3) is 3.34. The number of amides is 1. The molecule has 1 atom stereocenters. The minimum absolute atomic E-state index is 0.0481. The fourth-order valence-electron chi connectivity index (χ4n) is 3.31. The molecule has 24 heavy (non-hydrogen) atoms. The SMILES string of the molecule is Cc1cc(-c2ccc(C(=O)N3CCCCC3CN)cc2)ccc1F. The van der Waals surface area contributed by atoms with Crippen molar-refractivity contribution in [3.05, 3.63) is 59.4 Å². The number of hydrogen-bond donors (Lipinski definition) is 1. The minimum Gasteiger partial charge on any atom is -0.334 e. The van der Waals surface area contributed by atoms with Gasteiger partial charge in [-0.05, 0) is 67.1 Å². The van der Waals surface area contributed by atoms with Gasteiger partial charge in [-0.25, -0.2) is 4.39 Å². The summed E-state index contributed by atoms with van der Waals surface area (Å²) in [5.41, 5.74) is 9.03. The number of nitrogens with two attached hydrogens (primary N) is 1. The summed E-state index contributed by atoms with van der Waals surface area (Å²) in [4.78, 5) is 14.6. The van der Waals surface area contributed by atoms with Crippen LogP contribution < -0.4 is 5.73 Å². The Balaban J connectivity index is 1.80. The number of carbonyl (C=O) groups is 1. The van der Waals surface area contributed by atoms with Crippen molar-refractivity contribution in [2.75, 3.05) is 13.1 Å². The monoisotopic (exact) mass is 326 g/mol. The van der Waals surface area contributed by atoms with E-state index in [1.807, 2.05) is 35.2 Å². The number of rotatable bonds is 3. The van der Waals surface area contributed by atoms with Crippen molar-refractivity contribution < 1.29 is 9.18 Å². The zero-order valence-corrected chi connectivity index (χ0v) is 14.0. The third-order valence-electron chi connectivity index (χ3n) is 4.78. The molecule has 3 nitrogen and oxygen atoms in total. The van der Waals surface area contributed by atoms with Gasteiger partial charge in [0.25, 0.3) is 5.91 Å². The summed E-state index contributed by atoms with van der Waals surface area (Å²) < 4.78 is 13.4. The lowest BCUT2D eigenvalue weighted by Crippen LogP contribution is -2.47. The molecule has 0 spiro atoms. The van der Waals surface area contributed by atoms with Crippen LogP contribution in [0, 0.1) is 12.7 Å². The number of nitrogens with zero attached hydrogens (tertiary/aromatic N) is 1. The summed E-state index contributed by atoms with van der Waals surface area (Å²) in [5.74, 6) is -0.157. The highest BCUT2D eigenvalue weighted by Gasteiger charge is 2.26. The molecule has 2 N–H and O–H groups in total. The first-order chi connectivity index (χ1) is 11.6. The van der Waals surface area contributed by atoms with Gasteiger partial charge in [0.15, 0.2) is 0 Å². The average molecular weight is 326 g/mol. The second kappa shape index (κ2) is 7.14. The Labute approximate surface area is 142 Å². The smallest absolute Gasteiger partial charge is 0.254 e. The van der Waals surface area contributed by atoms with Gasteiger partial charge in [-0.2, -0.15) is 0 Å². The normalized spacial score (nSPS) is 17.8. The molecule has 0 aromatic heterocycles. The van der Waals surface area contributed by atoms with E-state index in [4.69, 9.17) is 5.73 Å². The van der Waals surface area contributed by atoms with Gasteiger partial charge in [0.1, 0.15) is 5.82 Å². The van der Waals surface area contributed by atoms with Crippen molar-refractivity contribution in [3.8, 4) is 11.1 Å². The van der Waals surface area contributed by atoms with Gasteiger partial charge >= 0.3 is 0 Å². The van der Waals surface area contributed by atoms with Crippen molar-refractivity contribution >= 4 is 5.91 Å². The summed E-state index contributed by atoms with van der Waals surface area (Å²) >= 11 is 0. The zero-order valence-electron chi connectivity index (χ0n) is 14.0. The highest BCUT2D eigenvalue weighted by Crippen LogP contribution is 2.24. The van der Waals surface area contributed by atoms with E-state index in [9.17, 15) is 9.18 Å². The maximum Gasteiger partial charge on any atom is 0.254 e. The van der Waals surface area contributed by atoms with Crippen LogP contribution in [0.1, 0.15) is 35.2 Å². The van der Waals surface area contributed by atoms with Crippen LogP contribution in [0.2, 0.25) is 0 Å². The Hall–Kier alpha value is -2.20. The van der Waals surface area contributed by atoms with Gasteiger partial charge in [-0.1, -0.05) is 18.2 Å². The van der Waals surface area contributed by atoms with Crippen LogP contribution >= 0.6 is 0 Å². The molecule has 0 radical (unpaired) electrons. The van der Waals surface area contributed by atoms with Crippen LogP contribution in [-0.4, -0.2) is 29.9 Å². The average Bonchev–Trinajstić information content (AvgIpc) is 2.63. The summed E-state index contributed by atoms with van der Waals surface area (Å²) in [5, 5.41) is 0. The van der Waals surface area contributed by atoms with E-state index < -0.39 is 0 Å². The molecule has 126 valence electrons. The van der Waals surface area contributed by atoms with E-state index in [1.54, 1.807) is 13.0 Å². The summed E-state index contributed by atoms with van der Waals surface area (Å²) in [7, 11) is 0. The number of aryl methyl sites for hydroxylation is 1. The number of hydrogen-bond acceptors (Lipinski definition) is 2. The molecule has 2 aromatic carbocycles. The number of halogens is 1. The Morgan fingerprint density at radius 1 is 1.17 bits per heavy atom. The lowest BCUT2D eigenvalue weighted by molar-refractivity contribution is 0.0623. The number of piperidine rings is 1. The second-order valence-corrected chi connectivity index (χ2v) is 6.43. The van der Waals surface area contributed by atoms with Crippen LogP contribution in [0.4, 0.5) is 4.39 Å². The first kappa shape index (κ1) is 16.7. The fourth-order valence-corrected chi connectivity index (χ4v) is 3.31. The summed E-state index contributed by atoms with van der Waals surface area (Å²) in [6.45, 7) is 3.04. The molecule has 0 saturated carbocycles. The maximum atomic E-state index is 13.4. The molecule has 0 bridgehead atoms. The first-order valence-corrected chi connectivity index (χ1v) is 8.48. The van der Waals surface area contributed by atoms with Gasteiger partial charge in [-0.3, -0.25) is 4.79 Å². The lowest BCUT2D eigenvalue weighted by atomic mass is 9.99. The van der Waals surface area contributed by atoms with E-state index in [2.05, 4.69) is 0 Å². The maximum absolute atomic E-state index is 13.4. The van der Waals surface area contributed by atoms with Crippen molar-refractivity contribution in [2.24, 2.45) is 5.73 Å². The number of likely N-dealkylation sites (tertiary alicyclic amines) is 1. The molecular weight excluding hydrogens is 303 g/mol. The van der Waals surface area contributed by atoms with Crippen LogP contribution in [0.15, 0.2) is 42.5 Å². The highest BCUT2D eigenvalue weighted by atomic mass is 19.1. The van der Waals surface area contributed by atoms with Crippen LogP contribution in [0.3, 0.4) is 0 Å². The Morgan fingerprint density at radius 3 is 2.54 bits per heavy atom. The standard InChI is InChI=1S/C20H23FN2O/c1-14-12-17(9-10-19(14)21)15-5-7-16(8-6-15)20(24)23-11-3-2-4-18(23)13-22/h5-10,12,18H,2-4,11,13,22H2,1H3. The molecule has 2 aromatic rings. The largest absolute Gasteiger partial charge is 0.334 e. The van der Waals surface area contributed by atoms with Crippen molar-refractivity contribution in [1.82, 2.24) is 4.90 Å². The number of benzene rings is 2. The van der Waals surface area contributed by atoms with Crippen molar-refractivity contribution in [2.45, 2.75) is 32.2 Å². The van der Waals surface area contributed by atoms with E-state index in [0.29, 0.717) is 17.7 Å².